The molecule has 1 aliphatic rings. The van der Waals surface area contributed by atoms with Gasteiger partial charge < -0.3 is 20.1 Å². The van der Waals surface area contributed by atoms with Gasteiger partial charge in [0.05, 0.1) is 17.2 Å². The van der Waals surface area contributed by atoms with Crippen LogP contribution in [-0.2, 0) is 14.9 Å². The van der Waals surface area contributed by atoms with E-state index < -0.39 is 26.7 Å². The summed E-state index contributed by atoms with van der Waals surface area (Å²) in [5.41, 5.74) is 1.46. The van der Waals surface area contributed by atoms with E-state index >= 15 is 0 Å². The molecule has 1 aliphatic carbocycles. The molecule has 0 spiro atoms. The summed E-state index contributed by atoms with van der Waals surface area (Å²) in [6.45, 7) is 2.06. The van der Waals surface area contributed by atoms with Gasteiger partial charge in [-0.3, -0.25) is 9.35 Å². The predicted molar refractivity (Wildman–Crippen MR) is 160 cm³/mol. The number of aromatic hydroxyl groups is 1. The number of aromatic nitrogens is 1. The van der Waals surface area contributed by atoms with E-state index in [0.717, 1.165) is 35.6 Å². The molecule has 0 saturated heterocycles. The van der Waals surface area contributed by atoms with Crippen LogP contribution in [0.25, 0.3) is 32.6 Å². The number of amides is 1. The normalized spacial score (nSPS) is 19.6. The van der Waals surface area contributed by atoms with Gasteiger partial charge in [-0.2, -0.15) is 8.42 Å². The molecule has 0 bridgehead atoms. The quantitative estimate of drug-likeness (QED) is 0.127. The number of hydrogen-bond acceptors (Lipinski definition) is 7. The summed E-state index contributed by atoms with van der Waals surface area (Å²) in [6.07, 6.45) is 2.53. The second-order valence-electron chi connectivity index (χ2n) is 10.7. The molecule has 1 heterocycles. The minimum Gasteiger partial charge on any atom is -0.505 e. The molecule has 5 aromatic rings. The third-order valence-electron chi connectivity index (χ3n) is 8.15. The number of carbonyl (C=O) groups excluding carboxylic acids is 1. The standard InChI is InChI=1S/C31H30N4O6S/c1-17-15-19(41-2)12-14-23(17)33-31(37)22-16-18-11-13-21-20-7-3-4-8-24(20)32-28(21)27(18)29(30(22)36)35-34-25-9-5-6-10-26(25)42(38,39)40/h3-11,13,16-17,19,23,32,36H,12,14-15H2,1-2H3,(H,33,37)(H,38,39,40)/b35-34-/t17?,19?,23-/m0/s1. The number of aromatic amines is 1. The third-order valence-corrected chi connectivity index (χ3v) is 9.05. The van der Waals surface area contributed by atoms with E-state index in [1.54, 1.807) is 19.2 Å². The summed E-state index contributed by atoms with van der Waals surface area (Å²) in [5.74, 6) is -0.663. The van der Waals surface area contributed by atoms with Gasteiger partial charge in [0.1, 0.15) is 16.3 Å². The first-order valence-electron chi connectivity index (χ1n) is 13.7. The van der Waals surface area contributed by atoms with E-state index in [0.29, 0.717) is 16.3 Å². The Labute approximate surface area is 242 Å². The van der Waals surface area contributed by atoms with Gasteiger partial charge in [0, 0.05) is 34.8 Å². The Kier molecular flexibility index (Phi) is 7.17. The lowest BCUT2D eigenvalue weighted by molar-refractivity contribution is 0.0405. The highest BCUT2D eigenvalue weighted by molar-refractivity contribution is 7.86. The number of methoxy groups -OCH3 is 1. The second kappa shape index (κ2) is 10.8. The zero-order valence-corrected chi connectivity index (χ0v) is 23.9. The molecular weight excluding hydrogens is 556 g/mol. The fourth-order valence-electron chi connectivity index (χ4n) is 5.93. The minimum absolute atomic E-state index is 0.00362. The Balaban J connectivity index is 1.52. The minimum atomic E-state index is -4.59. The smallest absolute Gasteiger partial charge is 0.296 e. The van der Waals surface area contributed by atoms with E-state index in [9.17, 15) is 22.9 Å². The summed E-state index contributed by atoms with van der Waals surface area (Å²) in [6, 6.07) is 18.7. The van der Waals surface area contributed by atoms with E-state index in [-0.39, 0.29) is 35.0 Å². The lowest BCUT2D eigenvalue weighted by Gasteiger charge is -2.34. The molecule has 1 saturated carbocycles. The first-order chi connectivity index (χ1) is 20.2. The van der Waals surface area contributed by atoms with E-state index in [2.05, 4.69) is 27.5 Å². The van der Waals surface area contributed by atoms with Crippen LogP contribution in [0.15, 0.2) is 81.9 Å². The summed E-state index contributed by atoms with van der Waals surface area (Å²) >= 11 is 0. The molecule has 0 aliphatic heterocycles. The van der Waals surface area contributed by atoms with Gasteiger partial charge in [-0.25, -0.2) is 0 Å². The molecule has 1 aromatic heterocycles. The van der Waals surface area contributed by atoms with Crippen LogP contribution in [0.1, 0.15) is 36.5 Å². The maximum Gasteiger partial charge on any atom is 0.296 e. The van der Waals surface area contributed by atoms with Crippen LogP contribution in [0.3, 0.4) is 0 Å². The zero-order chi connectivity index (χ0) is 29.6. The molecule has 6 rings (SSSR count). The third kappa shape index (κ3) is 5.00. The van der Waals surface area contributed by atoms with Gasteiger partial charge in [0.25, 0.3) is 16.0 Å². The van der Waals surface area contributed by atoms with Crippen molar-refractivity contribution in [2.24, 2.45) is 16.1 Å². The molecule has 11 heteroatoms. The first-order valence-corrected chi connectivity index (χ1v) is 15.1. The van der Waals surface area contributed by atoms with Crippen LogP contribution in [0.5, 0.6) is 5.75 Å². The number of hydrogen-bond donors (Lipinski definition) is 4. The molecule has 3 atom stereocenters. The molecule has 216 valence electrons. The molecule has 2 unspecified atom stereocenters. The van der Waals surface area contributed by atoms with Crippen molar-refractivity contribution in [3.8, 4) is 5.75 Å². The Hall–Kier alpha value is -4.32. The van der Waals surface area contributed by atoms with E-state index in [1.807, 2.05) is 36.4 Å². The van der Waals surface area contributed by atoms with Crippen LogP contribution >= 0.6 is 0 Å². The molecular formula is C31H30N4O6S. The van der Waals surface area contributed by atoms with Crippen LogP contribution in [0.4, 0.5) is 11.4 Å². The van der Waals surface area contributed by atoms with Crippen LogP contribution < -0.4 is 5.32 Å². The van der Waals surface area contributed by atoms with Crippen molar-refractivity contribution in [3.63, 3.8) is 0 Å². The van der Waals surface area contributed by atoms with Gasteiger partial charge in [-0.15, -0.1) is 10.2 Å². The number of fused-ring (bicyclic) bond motifs is 5. The van der Waals surface area contributed by atoms with Gasteiger partial charge >= 0.3 is 0 Å². The van der Waals surface area contributed by atoms with Gasteiger partial charge in [0.2, 0.25) is 0 Å². The highest BCUT2D eigenvalue weighted by atomic mass is 32.2. The number of nitrogens with one attached hydrogen (secondary N) is 2. The lowest BCUT2D eigenvalue weighted by Crippen LogP contribution is -2.44. The van der Waals surface area contributed by atoms with Gasteiger partial charge in [-0.1, -0.05) is 49.4 Å². The first kappa shape index (κ1) is 27.8. The Morgan fingerprint density at radius 2 is 1.79 bits per heavy atom. The van der Waals surface area contributed by atoms with Crippen molar-refractivity contribution in [3.05, 3.63) is 72.3 Å². The van der Waals surface area contributed by atoms with Crippen molar-refractivity contribution in [1.29, 1.82) is 0 Å². The van der Waals surface area contributed by atoms with Crippen molar-refractivity contribution in [2.75, 3.05) is 7.11 Å². The Morgan fingerprint density at radius 1 is 1.02 bits per heavy atom. The number of H-pyrrole nitrogens is 1. The fourth-order valence-corrected chi connectivity index (χ4v) is 6.56. The Bertz CT molecular complexity index is 1980. The monoisotopic (exact) mass is 586 g/mol. The van der Waals surface area contributed by atoms with Gasteiger partial charge in [-0.05, 0) is 54.8 Å². The maximum absolute atomic E-state index is 13.6. The maximum atomic E-state index is 13.6. The van der Waals surface area contributed by atoms with Crippen molar-refractivity contribution < 1.29 is 27.6 Å². The number of azo groups is 1. The highest BCUT2D eigenvalue weighted by Gasteiger charge is 2.30. The largest absolute Gasteiger partial charge is 0.505 e. The number of carbonyl (C=O) groups is 1. The second-order valence-corrected chi connectivity index (χ2v) is 12.1. The number of benzene rings is 4. The Morgan fingerprint density at radius 3 is 2.55 bits per heavy atom. The molecule has 1 amide bonds. The lowest BCUT2D eigenvalue weighted by atomic mass is 9.84. The zero-order valence-electron chi connectivity index (χ0n) is 23.0. The average Bonchev–Trinajstić information content (AvgIpc) is 3.36. The van der Waals surface area contributed by atoms with Crippen molar-refractivity contribution in [2.45, 2.75) is 43.2 Å². The average molecular weight is 587 g/mol. The summed E-state index contributed by atoms with van der Waals surface area (Å²) < 4.78 is 39.1. The number of nitrogens with zero attached hydrogens (tertiary/aromatic N) is 2. The number of phenolic OH excluding ortho intramolecular Hbond substituents is 1. The molecule has 4 N–H and O–H groups in total. The van der Waals surface area contributed by atoms with Crippen molar-refractivity contribution >= 4 is 60.0 Å². The van der Waals surface area contributed by atoms with Crippen LogP contribution in [0, 0.1) is 5.92 Å². The van der Waals surface area contributed by atoms with E-state index in [1.165, 1.54) is 18.2 Å². The predicted octanol–water partition coefficient (Wildman–Crippen LogP) is 6.78. The molecule has 0 radical (unpaired) electrons. The van der Waals surface area contributed by atoms with Crippen LogP contribution in [0.2, 0.25) is 0 Å². The topological polar surface area (TPSA) is 153 Å². The molecule has 1 fully saturated rings. The van der Waals surface area contributed by atoms with E-state index in [4.69, 9.17) is 4.74 Å². The summed E-state index contributed by atoms with van der Waals surface area (Å²) in [5, 5.41) is 26.1. The molecule has 4 aromatic carbocycles. The number of rotatable bonds is 6. The summed E-state index contributed by atoms with van der Waals surface area (Å²) in [7, 11) is -2.89. The number of para-hydroxylation sites is 1. The fraction of sp³-hybridized carbons (Fsp3) is 0.258. The molecule has 10 nitrogen and oxygen atoms in total. The number of phenols is 1. The number of ether oxygens (including phenoxy) is 1. The molecule has 42 heavy (non-hydrogen) atoms. The summed E-state index contributed by atoms with van der Waals surface area (Å²) in [4.78, 5) is 16.6. The van der Waals surface area contributed by atoms with Crippen LogP contribution in [-0.4, -0.2) is 48.2 Å². The SMILES string of the molecule is COC1CC[C@H](NC(=O)c2cc3ccc4c5ccccc5[nH]c4c3c(/N=N\c3ccccc3S(=O)(=O)O)c2O)C(C)C1. The van der Waals surface area contributed by atoms with Gasteiger partial charge in [0.15, 0.2) is 5.75 Å². The van der Waals surface area contributed by atoms with Crippen molar-refractivity contribution in [1.82, 2.24) is 10.3 Å². The highest BCUT2D eigenvalue weighted by Crippen LogP contribution is 2.44.